The van der Waals surface area contributed by atoms with E-state index in [0.717, 1.165) is 4.47 Å². The van der Waals surface area contributed by atoms with Gasteiger partial charge in [-0.3, -0.25) is 4.79 Å². The van der Waals surface area contributed by atoms with Crippen molar-refractivity contribution in [3.8, 4) is 0 Å². The Bertz CT molecular complexity index is 874. The van der Waals surface area contributed by atoms with E-state index in [9.17, 15) is 13.2 Å². The van der Waals surface area contributed by atoms with E-state index in [2.05, 4.69) is 21.2 Å². The molecule has 1 amide bonds. The first kappa shape index (κ1) is 17.9. The Morgan fingerprint density at radius 3 is 2.60 bits per heavy atom. The Balaban J connectivity index is 1.63. The van der Waals surface area contributed by atoms with Gasteiger partial charge in [0, 0.05) is 23.1 Å². The molecule has 1 aliphatic heterocycles. The van der Waals surface area contributed by atoms with Gasteiger partial charge in [0.25, 0.3) is 0 Å². The van der Waals surface area contributed by atoms with Crippen LogP contribution >= 0.6 is 15.9 Å². The van der Waals surface area contributed by atoms with Crippen molar-refractivity contribution in [2.75, 3.05) is 13.1 Å². The first-order valence-corrected chi connectivity index (χ1v) is 9.95. The molecule has 25 heavy (non-hydrogen) atoms. The Hall–Kier alpha value is -1.90. The smallest absolute Gasteiger partial charge is 0.247 e. The van der Waals surface area contributed by atoms with Crippen LogP contribution in [0.2, 0.25) is 0 Å². The van der Waals surface area contributed by atoms with Crippen molar-refractivity contribution in [1.82, 2.24) is 9.62 Å². The highest BCUT2D eigenvalue weighted by Crippen LogP contribution is 2.22. The number of rotatable bonds is 5. The molecule has 0 aliphatic carbocycles. The third-order valence-corrected chi connectivity index (χ3v) is 6.33. The summed E-state index contributed by atoms with van der Waals surface area (Å²) in [6.07, 6.45) is 3.59. The number of furan rings is 1. The van der Waals surface area contributed by atoms with Gasteiger partial charge in [-0.25, -0.2) is 8.42 Å². The molecule has 0 radical (unpaired) electrons. The minimum atomic E-state index is -3.55. The molecule has 1 aromatic carbocycles. The number of carbonyl (C=O) groups is 1. The van der Waals surface area contributed by atoms with Gasteiger partial charge in [-0.1, -0.05) is 22.0 Å². The molecular formula is C17H17BrN2O4S. The molecule has 2 aromatic rings. The second kappa shape index (κ2) is 7.55. The molecule has 0 bridgehead atoms. The van der Waals surface area contributed by atoms with Gasteiger partial charge in [0.1, 0.15) is 5.76 Å². The summed E-state index contributed by atoms with van der Waals surface area (Å²) in [5, 5.41) is 2.77. The molecule has 0 fully saturated rings. The van der Waals surface area contributed by atoms with Crippen molar-refractivity contribution in [3.63, 3.8) is 0 Å². The number of nitrogens with one attached hydrogen (secondary N) is 1. The highest BCUT2D eigenvalue weighted by atomic mass is 79.9. The monoisotopic (exact) mass is 424 g/mol. The van der Waals surface area contributed by atoms with E-state index in [4.69, 9.17) is 4.42 Å². The van der Waals surface area contributed by atoms with E-state index in [1.54, 1.807) is 48.7 Å². The third kappa shape index (κ3) is 4.20. The van der Waals surface area contributed by atoms with Crippen LogP contribution in [0.15, 0.2) is 68.1 Å². The van der Waals surface area contributed by atoms with Crippen LogP contribution in [-0.4, -0.2) is 31.7 Å². The summed E-state index contributed by atoms with van der Waals surface area (Å²) >= 11 is 3.29. The zero-order chi connectivity index (χ0) is 17.9. The Morgan fingerprint density at radius 2 is 2.00 bits per heavy atom. The first-order valence-electron chi connectivity index (χ1n) is 7.72. The van der Waals surface area contributed by atoms with Crippen LogP contribution in [0.3, 0.4) is 0 Å². The second-order valence-electron chi connectivity index (χ2n) is 5.56. The number of hydrogen-bond acceptors (Lipinski definition) is 4. The molecule has 1 aliphatic rings. The molecule has 6 nitrogen and oxygen atoms in total. The lowest BCUT2D eigenvalue weighted by Crippen LogP contribution is -2.37. The molecule has 0 atom stereocenters. The summed E-state index contributed by atoms with van der Waals surface area (Å²) in [5.41, 5.74) is 0.591. The van der Waals surface area contributed by atoms with Crippen LogP contribution in [0.1, 0.15) is 12.2 Å². The second-order valence-corrected chi connectivity index (χ2v) is 8.41. The summed E-state index contributed by atoms with van der Waals surface area (Å²) in [6.45, 7) is 0.768. The van der Waals surface area contributed by atoms with Crippen molar-refractivity contribution in [1.29, 1.82) is 0 Å². The van der Waals surface area contributed by atoms with Gasteiger partial charge in [-0.05, 0) is 42.8 Å². The fraction of sp³-hybridized carbons (Fsp3) is 0.235. The summed E-state index contributed by atoms with van der Waals surface area (Å²) in [6, 6.07) is 10.1. The lowest BCUT2D eigenvalue weighted by Gasteiger charge is -2.25. The molecule has 0 saturated carbocycles. The molecule has 132 valence electrons. The number of nitrogens with zero attached hydrogens (tertiary/aromatic N) is 1. The minimum absolute atomic E-state index is 0.182. The molecule has 8 heteroatoms. The van der Waals surface area contributed by atoms with Crippen molar-refractivity contribution in [2.24, 2.45) is 0 Å². The average Bonchev–Trinajstić information content (AvgIpc) is 3.14. The van der Waals surface area contributed by atoms with Crippen LogP contribution in [0, 0.1) is 0 Å². The summed E-state index contributed by atoms with van der Waals surface area (Å²) in [5.74, 6) is 0.473. The topological polar surface area (TPSA) is 79.6 Å². The fourth-order valence-corrected chi connectivity index (χ4v) is 4.17. The van der Waals surface area contributed by atoms with Gasteiger partial charge in [-0.15, -0.1) is 0 Å². The average molecular weight is 425 g/mol. The number of carbonyl (C=O) groups excluding carboxylic acids is 1. The van der Waals surface area contributed by atoms with Crippen LogP contribution in [0.5, 0.6) is 0 Å². The third-order valence-electron chi connectivity index (χ3n) is 3.92. The SMILES string of the molecule is O=C(NCc1ccco1)C1=CCN(S(=O)(=O)c2ccc(Br)cc2)CC1. The minimum Gasteiger partial charge on any atom is -0.467 e. The van der Waals surface area contributed by atoms with Gasteiger partial charge >= 0.3 is 0 Å². The number of hydrogen-bond donors (Lipinski definition) is 1. The summed E-state index contributed by atoms with van der Waals surface area (Å²) in [7, 11) is -3.55. The van der Waals surface area contributed by atoms with E-state index >= 15 is 0 Å². The molecule has 3 rings (SSSR count). The number of amides is 1. The zero-order valence-electron chi connectivity index (χ0n) is 13.3. The predicted octanol–water partition coefficient (Wildman–Crippen LogP) is 2.68. The Kier molecular flexibility index (Phi) is 5.41. The molecule has 1 aromatic heterocycles. The van der Waals surface area contributed by atoms with Crippen LogP contribution in [0.4, 0.5) is 0 Å². The zero-order valence-corrected chi connectivity index (χ0v) is 15.7. The number of sulfonamides is 1. The van der Waals surface area contributed by atoms with Crippen molar-refractivity contribution >= 4 is 31.9 Å². The van der Waals surface area contributed by atoms with Gasteiger partial charge in [0.2, 0.25) is 15.9 Å². The van der Waals surface area contributed by atoms with E-state index in [-0.39, 0.29) is 23.9 Å². The highest BCUT2D eigenvalue weighted by molar-refractivity contribution is 9.10. The maximum atomic E-state index is 12.6. The quantitative estimate of drug-likeness (QED) is 0.799. The first-order chi connectivity index (χ1) is 12.0. The summed E-state index contributed by atoms with van der Waals surface area (Å²) < 4.78 is 32.6. The lowest BCUT2D eigenvalue weighted by atomic mass is 10.1. The van der Waals surface area contributed by atoms with Crippen LogP contribution < -0.4 is 5.32 Å². The number of benzene rings is 1. The maximum absolute atomic E-state index is 12.6. The van der Waals surface area contributed by atoms with E-state index in [1.165, 1.54) is 4.31 Å². The lowest BCUT2D eigenvalue weighted by molar-refractivity contribution is -0.118. The van der Waals surface area contributed by atoms with Gasteiger partial charge < -0.3 is 9.73 Å². The van der Waals surface area contributed by atoms with Crippen LogP contribution in [-0.2, 0) is 21.4 Å². The van der Waals surface area contributed by atoms with Gasteiger partial charge in [-0.2, -0.15) is 4.31 Å². The highest BCUT2D eigenvalue weighted by Gasteiger charge is 2.27. The molecule has 1 N–H and O–H groups in total. The predicted molar refractivity (Wildman–Crippen MR) is 96.2 cm³/mol. The molecule has 0 saturated heterocycles. The standard InChI is InChI=1S/C17H17BrN2O4S/c18-14-3-5-16(6-4-14)25(22,23)20-9-7-13(8-10-20)17(21)19-12-15-2-1-11-24-15/h1-7,11H,8-10,12H2,(H,19,21). The maximum Gasteiger partial charge on any atom is 0.247 e. The molecule has 0 spiro atoms. The molecule has 2 heterocycles. The van der Waals surface area contributed by atoms with E-state index in [1.807, 2.05) is 0 Å². The van der Waals surface area contributed by atoms with Crippen molar-refractivity contribution in [3.05, 3.63) is 64.5 Å². The fourth-order valence-electron chi connectivity index (χ4n) is 2.52. The number of halogens is 1. The Morgan fingerprint density at radius 1 is 1.24 bits per heavy atom. The van der Waals surface area contributed by atoms with Gasteiger partial charge in [0.05, 0.1) is 17.7 Å². The van der Waals surface area contributed by atoms with E-state index < -0.39 is 10.0 Å². The normalized spacial score (nSPS) is 15.6. The Labute approximate surface area is 154 Å². The van der Waals surface area contributed by atoms with Gasteiger partial charge in [0.15, 0.2) is 0 Å². The molecule has 0 unspecified atom stereocenters. The molecular weight excluding hydrogens is 408 g/mol. The van der Waals surface area contributed by atoms with Crippen molar-refractivity contribution in [2.45, 2.75) is 17.9 Å². The summed E-state index contributed by atoms with van der Waals surface area (Å²) in [4.78, 5) is 12.4. The van der Waals surface area contributed by atoms with Crippen molar-refractivity contribution < 1.29 is 17.6 Å². The van der Waals surface area contributed by atoms with E-state index in [0.29, 0.717) is 24.3 Å². The largest absolute Gasteiger partial charge is 0.467 e. The van der Waals surface area contributed by atoms with Crippen LogP contribution in [0.25, 0.3) is 0 Å².